The van der Waals surface area contributed by atoms with Crippen LogP contribution >= 0.6 is 0 Å². The van der Waals surface area contributed by atoms with Crippen molar-refractivity contribution in [1.82, 2.24) is 0 Å². The van der Waals surface area contributed by atoms with Crippen molar-refractivity contribution < 1.29 is 4.74 Å². The van der Waals surface area contributed by atoms with E-state index in [9.17, 15) is 0 Å². The van der Waals surface area contributed by atoms with E-state index in [4.69, 9.17) is 4.74 Å². The molecule has 31 heavy (non-hydrogen) atoms. The third kappa shape index (κ3) is 12.3. The fourth-order valence-electron chi connectivity index (χ4n) is 4.55. The van der Waals surface area contributed by atoms with Crippen LogP contribution in [0.3, 0.4) is 0 Å². The van der Waals surface area contributed by atoms with Crippen LogP contribution in [-0.2, 0) is 11.2 Å². The highest BCUT2D eigenvalue weighted by Crippen LogP contribution is 2.19. The third-order valence-electron chi connectivity index (χ3n) is 6.54. The van der Waals surface area contributed by atoms with Crippen molar-refractivity contribution in [2.45, 2.75) is 116 Å². The number of ether oxygens (including phenoxy) is 1. The van der Waals surface area contributed by atoms with Gasteiger partial charge in [-0.25, -0.2) is 0 Å². The molecule has 174 valence electrons. The molecule has 0 bridgehead atoms. The first kappa shape index (κ1) is 25.9. The molecule has 0 atom stereocenters. The number of fused-ring (bicyclic) bond motifs is 1. The quantitative estimate of drug-likeness (QED) is 0.192. The van der Waals surface area contributed by atoms with Crippen molar-refractivity contribution in [3.63, 3.8) is 0 Å². The summed E-state index contributed by atoms with van der Waals surface area (Å²) in [6, 6.07) is 15.2. The minimum absolute atomic E-state index is 0.840. The minimum atomic E-state index is 0.840. The molecule has 1 nitrogen and oxygen atoms in total. The van der Waals surface area contributed by atoms with Gasteiger partial charge in [0.05, 0.1) is 6.61 Å². The van der Waals surface area contributed by atoms with Gasteiger partial charge in [-0.3, -0.25) is 0 Å². The zero-order valence-corrected chi connectivity index (χ0v) is 20.4. The monoisotopic (exact) mass is 424 g/mol. The second-order valence-electron chi connectivity index (χ2n) is 9.30. The van der Waals surface area contributed by atoms with Gasteiger partial charge in [-0.05, 0) is 29.2 Å². The summed E-state index contributed by atoms with van der Waals surface area (Å²) in [4.78, 5) is 0. The largest absolute Gasteiger partial charge is 0.381 e. The average molecular weight is 425 g/mol. The number of benzene rings is 2. The molecule has 0 saturated carbocycles. The highest BCUT2D eigenvalue weighted by Gasteiger charge is 2.00. The molecule has 1 heteroatoms. The Bertz CT molecular complexity index is 657. The first-order chi connectivity index (χ1) is 15.4. The minimum Gasteiger partial charge on any atom is -0.381 e. The van der Waals surface area contributed by atoms with E-state index < -0.39 is 0 Å². The molecule has 0 N–H and O–H groups in total. The second-order valence-corrected chi connectivity index (χ2v) is 9.30. The molecule has 0 spiro atoms. The summed E-state index contributed by atoms with van der Waals surface area (Å²) in [6.45, 7) is 4.06. The maximum atomic E-state index is 5.91. The van der Waals surface area contributed by atoms with Crippen LogP contribution in [0.4, 0.5) is 0 Å². The van der Waals surface area contributed by atoms with Crippen LogP contribution < -0.4 is 0 Å². The van der Waals surface area contributed by atoms with Crippen LogP contribution in [0.1, 0.15) is 115 Å². The molecule has 2 aromatic carbocycles. The molecule has 0 fully saturated rings. The normalized spacial score (nSPS) is 11.4. The van der Waals surface area contributed by atoms with Crippen molar-refractivity contribution in [3.05, 3.63) is 48.0 Å². The summed E-state index contributed by atoms with van der Waals surface area (Å²) in [5.74, 6) is 0. The van der Waals surface area contributed by atoms with E-state index in [1.807, 2.05) is 0 Å². The van der Waals surface area contributed by atoms with Gasteiger partial charge in [-0.15, -0.1) is 0 Å². The molecule has 2 rings (SSSR count). The number of rotatable bonds is 20. The molecule has 0 saturated heterocycles. The average Bonchev–Trinajstić information content (AvgIpc) is 2.80. The summed E-state index contributed by atoms with van der Waals surface area (Å²) in [7, 11) is 0. The van der Waals surface area contributed by atoms with Gasteiger partial charge in [-0.1, -0.05) is 146 Å². The van der Waals surface area contributed by atoms with Crippen LogP contribution in [0.15, 0.2) is 42.5 Å². The van der Waals surface area contributed by atoms with Crippen molar-refractivity contribution in [1.29, 1.82) is 0 Å². The molecule has 0 radical (unpaired) electrons. The fourth-order valence-corrected chi connectivity index (χ4v) is 4.55. The Kier molecular flexibility index (Phi) is 15.3. The molecule has 0 aliphatic heterocycles. The molecule has 0 heterocycles. The first-order valence-corrected chi connectivity index (χ1v) is 13.5. The Balaban J connectivity index is 1.31. The molecule has 0 aliphatic rings. The molecular formula is C30H48O. The zero-order valence-electron chi connectivity index (χ0n) is 20.4. The topological polar surface area (TPSA) is 9.23 Å². The van der Waals surface area contributed by atoms with Crippen LogP contribution in [0, 0.1) is 0 Å². The first-order valence-electron chi connectivity index (χ1n) is 13.5. The van der Waals surface area contributed by atoms with Crippen molar-refractivity contribution in [3.8, 4) is 0 Å². The second kappa shape index (κ2) is 18.3. The summed E-state index contributed by atoms with van der Waals surface area (Å²) < 4.78 is 5.91. The lowest BCUT2D eigenvalue weighted by molar-refractivity contribution is 0.133. The van der Waals surface area contributed by atoms with E-state index in [0.717, 1.165) is 19.6 Å². The van der Waals surface area contributed by atoms with Gasteiger partial charge in [-0.2, -0.15) is 0 Å². The molecular weight excluding hydrogens is 376 g/mol. The molecule has 0 aliphatic carbocycles. The Hall–Kier alpha value is -1.34. The molecule has 0 unspecified atom stereocenters. The molecule has 0 aromatic heterocycles. The lowest BCUT2D eigenvalue weighted by Crippen LogP contribution is -2.01. The number of unbranched alkanes of at least 4 members (excludes halogenated alkanes) is 15. The van der Waals surface area contributed by atoms with Gasteiger partial charge in [0.25, 0.3) is 0 Å². The van der Waals surface area contributed by atoms with Gasteiger partial charge >= 0.3 is 0 Å². The summed E-state index contributed by atoms with van der Waals surface area (Å²) in [5, 5.41) is 2.70. The smallest absolute Gasteiger partial charge is 0.0506 e. The predicted molar refractivity (Wildman–Crippen MR) is 138 cm³/mol. The van der Waals surface area contributed by atoms with E-state index in [1.54, 1.807) is 0 Å². The highest BCUT2D eigenvalue weighted by atomic mass is 16.5. The third-order valence-corrected chi connectivity index (χ3v) is 6.54. The van der Waals surface area contributed by atoms with Gasteiger partial charge in [0.15, 0.2) is 0 Å². The van der Waals surface area contributed by atoms with Crippen molar-refractivity contribution in [2.24, 2.45) is 0 Å². The van der Waals surface area contributed by atoms with E-state index in [-0.39, 0.29) is 0 Å². The maximum absolute atomic E-state index is 5.91. The summed E-state index contributed by atoms with van der Waals surface area (Å²) in [6.07, 6.45) is 23.7. The zero-order chi connectivity index (χ0) is 21.8. The molecule has 0 amide bonds. The van der Waals surface area contributed by atoms with Crippen LogP contribution in [-0.4, -0.2) is 13.2 Å². The Labute approximate surface area is 193 Å². The van der Waals surface area contributed by atoms with E-state index in [0.29, 0.717) is 0 Å². The summed E-state index contributed by atoms with van der Waals surface area (Å²) in [5.41, 5.74) is 1.41. The van der Waals surface area contributed by atoms with Gasteiger partial charge in [0.1, 0.15) is 0 Å². The fraction of sp³-hybridized carbons (Fsp3) is 0.667. The van der Waals surface area contributed by atoms with E-state index in [2.05, 4.69) is 49.4 Å². The highest BCUT2D eigenvalue weighted by molar-refractivity contribution is 5.85. The maximum Gasteiger partial charge on any atom is 0.0506 e. The Morgan fingerprint density at radius 1 is 0.516 bits per heavy atom. The van der Waals surface area contributed by atoms with Crippen LogP contribution in [0.5, 0.6) is 0 Å². The predicted octanol–water partition coefficient (Wildman–Crippen LogP) is 9.66. The van der Waals surface area contributed by atoms with E-state index in [1.165, 1.54) is 119 Å². The van der Waals surface area contributed by atoms with Crippen molar-refractivity contribution >= 4 is 10.8 Å². The lowest BCUT2D eigenvalue weighted by Gasteiger charge is -2.08. The molecule has 2 aromatic rings. The van der Waals surface area contributed by atoms with Crippen LogP contribution in [0.2, 0.25) is 0 Å². The van der Waals surface area contributed by atoms with E-state index >= 15 is 0 Å². The van der Waals surface area contributed by atoms with Gasteiger partial charge < -0.3 is 4.74 Å². The van der Waals surface area contributed by atoms with Crippen LogP contribution in [0.25, 0.3) is 10.8 Å². The number of hydrogen-bond donors (Lipinski definition) is 0. The number of hydrogen-bond acceptors (Lipinski definition) is 1. The van der Waals surface area contributed by atoms with Crippen molar-refractivity contribution in [2.75, 3.05) is 13.2 Å². The standard InChI is InChI=1S/C30H48O/c1-2-3-4-5-6-7-8-9-10-11-12-13-14-15-16-19-26-31-27-25-29-23-20-22-28-21-17-18-24-30(28)29/h17-18,20-24H,2-16,19,25-27H2,1H3. The summed E-state index contributed by atoms with van der Waals surface area (Å²) >= 11 is 0. The SMILES string of the molecule is CCCCCCCCCCCCCCCCCCOCCc1cccc2ccccc12. The Morgan fingerprint density at radius 2 is 1.03 bits per heavy atom. The van der Waals surface area contributed by atoms with Gasteiger partial charge in [0.2, 0.25) is 0 Å². The van der Waals surface area contributed by atoms with Gasteiger partial charge in [0, 0.05) is 6.61 Å². The Morgan fingerprint density at radius 3 is 1.65 bits per heavy atom. The lowest BCUT2D eigenvalue weighted by atomic mass is 10.0.